The summed E-state index contributed by atoms with van der Waals surface area (Å²) in [6, 6.07) is 18.8. The van der Waals surface area contributed by atoms with Crippen LogP contribution >= 0.6 is 0 Å². The van der Waals surface area contributed by atoms with E-state index in [2.05, 4.69) is 25.7 Å². The summed E-state index contributed by atoms with van der Waals surface area (Å²) in [7, 11) is 0. The van der Waals surface area contributed by atoms with Gasteiger partial charge in [-0.15, -0.1) is 0 Å². The maximum Gasteiger partial charge on any atom is 0.347 e. The summed E-state index contributed by atoms with van der Waals surface area (Å²) in [4.78, 5) is 15.5. The van der Waals surface area contributed by atoms with E-state index >= 15 is 4.39 Å². The van der Waals surface area contributed by atoms with E-state index in [0.717, 1.165) is 11.1 Å². The van der Waals surface area contributed by atoms with Crippen molar-refractivity contribution in [3.05, 3.63) is 94.3 Å². The zero-order chi connectivity index (χ0) is 23.5. The standard InChI is InChI=1S/C28H30FNO3/c1-18(2)20(4)30-15-23-24(16-30)27(32-17-21-11-7-5-8-12-21)25(19(3)26(23)29)28(31)33-22-13-9-6-10-14-22/h5-14,18,20H,15-17H2,1-4H3/t20-/m1/s1. The maximum absolute atomic E-state index is 15.6. The average molecular weight is 448 g/mol. The van der Waals surface area contributed by atoms with Gasteiger partial charge in [-0.3, -0.25) is 4.90 Å². The van der Waals surface area contributed by atoms with E-state index in [1.807, 2.05) is 36.4 Å². The SMILES string of the molecule is Cc1c(F)c2c(c(OCc3ccccc3)c1C(=O)Oc1ccccc1)CN([C@H](C)C(C)C)C2. The van der Waals surface area contributed by atoms with Crippen molar-refractivity contribution < 1.29 is 18.7 Å². The summed E-state index contributed by atoms with van der Waals surface area (Å²) in [5, 5.41) is 0. The molecule has 1 heterocycles. The number of carbonyl (C=O) groups excluding carboxylic acids is 1. The number of para-hydroxylation sites is 1. The Labute approximate surface area is 195 Å². The highest BCUT2D eigenvalue weighted by Gasteiger charge is 2.35. The van der Waals surface area contributed by atoms with E-state index in [-0.39, 0.29) is 29.6 Å². The molecule has 3 aromatic rings. The summed E-state index contributed by atoms with van der Waals surface area (Å²) in [6.07, 6.45) is 0. The van der Waals surface area contributed by atoms with E-state index in [4.69, 9.17) is 9.47 Å². The first-order valence-corrected chi connectivity index (χ1v) is 11.4. The molecular weight excluding hydrogens is 417 g/mol. The molecule has 0 aliphatic carbocycles. The second-order valence-corrected chi connectivity index (χ2v) is 8.97. The minimum Gasteiger partial charge on any atom is -0.488 e. The number of ether oxygens (including phenoxy) is 2. The number of esters is 1. The largest absolute Gasteiger partial charge is 0.488 e. The van der Waals surface area contributed by atoms with Gasteiger partial charge in [-0.1, -0.05) is 62.4 Å². The Morgan fingerprint density at radius 3 is 2.21 bits per heavy atom. The van der Waals surface area contributed by atoms with Crippen LogP contribution in [0.2, 0.25) is 0 Å². The summed E-state index contributed by atoms with van der Waals surface area (Å²) in [5.74, 6) is 0.285. The van der Waals surface area contributed by atoms with Crippen LogP contribution in [0.5, 0.6) is 11.5 Å². The summed E-state index contributed by atoms with van der Waals surface area (Å²) < 4.78 is 27.4. The van der Waals surface area contributed by atoms with Crippen molar-refractivity contribution in [2.24, 2.45) is 5.92 Å². The highest BCUT2D eigenvalue weighted by molar-refractivity contribution is 5.96. The maximum atomic E-state index is 15.6. The molecule has 1 atom stereocenters. The molecule has 0 radical (unpaired) electrons. The van der Waals surface area contributed by atoms with E-state index in [1.54, 1.807) is 31.2 Å². The third-order valence-corrected chi connectivity index (χ3v) is 6.48. The topological polar surface area (TPSA) is 38.8 Å². The first-order chi connectivity index (χ1) is 15.9. The summed E-state index contributed by atoms with van der Waals surface area (Å²) >= 11 is 0. The van der Waals surface area contributed by atoms with Crippen molar-refractivity contribution in [2.45, 2.75) is 53.4 Å². The fourth-order valence-corrected chi connectivity index (χ4v) is 4.21. The Hall–Kier alpha value is -3.18. The Bertz CT molecular complexity index is 1130. The molecule has 0 amide bonds. The van der Waals surface area contributed by atoms with Gasteiger partial charge in [0.2, 0.25) is 0 Å². The minimum atomic E-state index is -0.612. The van der Waals surface area contributed by atoms with E-state index in [9.17, 15) is 4.79 Å². The molecule has 0 unspecified atom stereocenters. The van der Waals surface area contributed by atoms with Gasteiger partial charge in [0.15, 0.2) is 0 Å². The Kier molecular flexibility index (Phi) is 6.80. The lowest BCUT2D eigenvalue weighted by Gasteiger charge is -2.27. The number of rotatable bonds is 7. The Morgan fingerprint density at radius 1 is 0.970 bits per heavy atom. The van der Waals surface area contributed by atoms with Crippen LogP contribution in [-0.2, 0) is 19.7 Å². The molecule has 0 fully saturated rings. The molecule has 1 aliphatic heterocycles. The molecular formula is C28H30FNO3. The quantitative estimate of drug-likeness (QED) is 0.315. The molecule has 1 aliphatic rings. The molecule has 4 rings (SSSR count). The van der Waals surface area contributed by atoms with Gasteiger partial charge in [0.1, 0.15) is 29.5 Å². The van der Waals surface area contributed by atoms with Crippen molar-refractivity contribution in [1.82, 2.24) is 4.90 Å². The summed E-state index contributed by atoms with van der Waals surface area (Å²) in [5.41, 5.74) is 2.74. The van der Waals surface area contributed by atoms with Gasteiger partial charge in [0.05, 0.1) is 0 Å². The van der Waals surface area contributed by atoms with Crippen LogP contribution in [-0.4, -0.2) is 16.9 Å². The molecule has 0 saturated carbocycles. The normalized spacial score (nSPS) is 14.2. The number of hydrogen-bond acceptors (Lipinski definition) is 4. The van der Waals surface area contributed by atoms with Crippen molar-refractivity contribution in [3.63, 3.8) is 0 Å². The third-order valence-electron chi connectivity index (χ3n) is 6.48. The van der Waals surface area contributed by atoms with Crippen LogP contribution in [0.25, 0.3) is 0 Å². The van der Waals surface area contributed by atoms with Gasteiger partial charge in [0.25, 0.3) is 0 Å². The second kappa shape index (κ2) is 9.75. The highest BCUT2D eigenvalue weighted by atomic mass is 19.1. The van der Waals surface area contributed by atoms with Gasteiger partial charge < -0.3 is 9.47 Å². The molecule has 5 heteroatoms. The van der Waals surface area contributed by atoms with Gasteiger partial charge in [0, 0.05) is 35.8 Å². The lowest BCUT2D eigenvalue weighted by Crippen LogP contribution is -2.32. The van der Waals surface area contributed by atoms with Crippen LogP contribution in [0.1, 0.15) is 53.4 Å². The Balaban J connectivity index is 1.75. The zero-order valence-electron chi connectivity index (χ0n) is 19.6. The fraction of sp³-hybridized carbons (Fsp3) is 0.321. The predicted octanol–water partition coefficient (Wildman–Crippen LogP) is 6.29. The number of fused-ring (bicyclic) bond motifs is 1. The summed E-state index contributed by atoms with van der Waals surface area (Å²) in [6.45, 7) is 9.40. The van der Waals surface area contributed by atoms with E-state index in [1.165, 1.54) is 0 Å². The molecule has 172 valence electrons. The number of halogens is 1. The molecule has 33 heavy (non-hydrogen) atoms. The van der Waals surface area contributed by atoms with Crippen molar-refractivity contribution in [2.75, 3.05) is 0 Å². The molecule has 0 bridgehead atoms. The third kappa shape index (κ3) is 4.79. The van der Waals surface area contributed by atoms with Crippen LogP contribution in [0.4, 0.5) is 4.39 Å². The van der Waals surface area contributed by atoms with Crippen molar-refractivity contribution >= 4 is 5.97 Å². The minimum absolute atomic E-state index is 0.157. The molecule has 0 spiro atoms. The first kappa shape index (κ1) is 23.0. The van der Waals surface area contributed by atoms with Gasteiger partial charge in [-0.25, -0.2) is 9.18 Å². The van der Waals surface area contributed by atoms with E-state index in [0.29, 0.717) is 36.1 Å². The van der Waals surface area contributed by atoms with Crippen molar-refractivity contribution in [1.29, 1.82) is 0 Å². The molecule has 4 nitrogen and oxygen atoms in total. The highest BCUT2D eigenvalue weighted by Crippen LogP contribution is 2.40. The number of nitrogens with zero attached hydrogens (tertiary/aromatic N) is 1. The van der Waals surface area contributed by atoms with E-state index < -0.39 is 5.97 Å². The lowest BCUT2D eigenvalue weighted by molar-refractivity contribution is 0.0727. The Morgan fingerprint density at radius 2 is 1.58 bits per heavy atom. The lowest BCUT2D eigenvalue weighted by atomic mass is 9.98. The fourth-order valence-electron chi connectivity index (χ4n) is 4.21. The van der Waals surface area contributed by atoms with Crippen LogP contribution in [0, 0.1) is 18.7 Å². The van der Waals surface area contributed by atoms with Crippen molar-refractivity contribution in [3.8, 4) is 11.5 Å². The number of hydrogen-bond donors (Lipinski definition) is 0. The molecule has 0 N–H and O–H groups in total. The van der Waals surface area contributed by atoms with Crippen LogP contribution < -0.4 is 9.47 Å². The number of benzene rings is 3. The van der Waals surface area contributed by atoms with Gasteiger partial charge in [-0.2, -0.15) is 0 Å². The van der Waals surface area contributed by atoms with Gasteiger partial charge in [-0.05, 0) is 37.5 Å². The monoisotopic (exact) mass is 447 g/mol. The number of carbonyl (C=O) groups is 1. The molecule has 0 aromatic heterocycles. The average Bonchev–Trinajstić information content (AvgIpc) is 3.26. The zero-order valence-corrected chi connectivity index (χ0v) is 19.6. The smallest absolute Gasteiger partial charge is 0.347 e. The second-order valence-electron chi connectivity index (χ2n) is 8.97. The van der Waals surface area contributed by atoms with Crippen LogP contribution in [0.15, 0.2) is 60.7 Å². The molecule has 0 saturated heterocycles. The van der Waals surface area contributed by atoms with Gasteiger partial charge >= 0.3 is 5.97 Å². The first-order valence-electron chi connectivity index (χ1n) is 11.4. The van der Waals surface area contributed by atoms with Crippen LogP contribution in [0.3, 0.4) is 0 Å². The predicted molar refractivity (Wildman–Crippen MR) is 127 cm³/mol. The molecule has 3 aromatic carbocycles.